The van der Waals surface area contributed by atoms with Crippen molar-refractivity contribution in [2.24, 2.45) is 0 Å². The van der Waals surface area contributed by atoms with E-state index in [-0.39, 0.29) is 16.8 Å². The van der Waals surface area contributed by atoms with E-state index in [0.29, 0.717) is 17.3 Å². The number of hydrogen-bond donors (Lipinski definition) is 2. The van der Waals surface area contributed by atoms with E-state index in [4.69, 9.17) is 0 Å². The Kier molecular flexibility index (Phi) is 4.93. The monoisotopic (exact) mass is 436 g/mol. The highest BCUT2D eigenvalue weighted by Gasteiger charge is 2.49. The molecule has 4 heterocycles. The second-order valence-corrected chi connectivity index (χ2v) is 9.82. The molecule has 1 aromatic carbocycles. The number of anilines is 1. The van der Waals surface area contributed by atoms with Crippen LogP contribution in [0.25, 0.3) is 22.4 Å². The van der Waals surface area contributed by atoms with E-state index in [9.17, 15) is 9.50 Å². The number of benzene rings is 1. The lowest BCUT2D eigenvalue weighted by Crippen LogP contribution is -2.58. The molecule has 7 nitrogen and oxygen atoms in total. The van der Waals surface area contributed by atoms with Crippen LogP contribution in [0.5, 0.6) is 5.75 Å². The van der Waals surface area contributed by atoms with Crippen LogP contribution in [0.4, 0.5) is 10.2 Å². The van der Waals surface area contributed by atoms with Gasteiger partial charge in [0, 0.05) is 41.5 Å². The molecule has 0 saturated carbocycles. The molecule has 2 fully saturated rings. The topological polar surface area (TPSA) is 79.1 Å². The largest absolute Gasteiger partial charge is 0.507 e. The normalized spacial score (nSPS) is 26.9. The number of nitrogens with zero attached hydrogens (tertiary/aromatic N) is 5. The van der Waals surface area contributed by atoms with Crippen molar-refractivity contribution in [1.29, 1.82) is 0 Å². The molecule has 0 radical (unpaired) electrons. The quantitative estimate of drug-likeness (QED) is 0.626. The van der Waals surface area contributed by atoms with Crippen molar-refractivity contribution < 1.29 is 9.50 Å². The lowest BCUT2D eigenvalue weighted by molar-refractivity contribution is 0.207. The van der Waals surface area contributed by atoms with Crippen LogP contribution in [0.1, 0.15) is 39.5 Å². The third-order valence-corrected chi connectivity index (χ3v) is 7.13. The van der Waals surface area contributed by atoms with E-state index in [1.54, 1.807) is 24.5 Å². The van der Waals surface area contributed by atoms with Gasteiger partial charge in [-0.1, -0.05) is 6.07 Å². The Bertz CT molecular complexity index is 1110. The molecule has 3 atom stereocenters. The first-order chi connectivity index (χ1) is 15.3. The SMILES string of the molecule is CN(c1ccc(-c2ccc(-c3cnn(CF)c3)cc2O)nn1)[C@H]1C[C@]2(C)CC[C@](C)(C1)N2. The molecule has 5 rings (SSSR count). The molecule has 2 aliphatic rings. The lowest BCUT2D eigenvalue weighted by Gasteiger charge is -2.45. The van der Waals surface area contributed by atoms with E-state index in [0.717, 1.165) is 29.8 Å². The Morgan fingerprint density at radius 3 is 2.47 bits per heavy atom. The van der Waals surface area contributed by atoms with Gasteiger partial charge in [-0.3, -0.25) is 0 Å². The first-order valence-electron chi connectivity index (χ1n) is 11.1. The smallest absolute Gasteiger partial charge is 0.181 e. The number of halogens is 1. The first kappa shape index (κ1) is 20.9. The summed E-state index contributed by atoms with van der Waals surface area (Å²) in [5.74, 6) is 0.934. The Balaban J connectivity index is 1.34. The number of fused-ring (bicyclic) bond motifs is 2. The summed E-state index contributed by atoms with van der Waals surface area (Å²) in [6, 6.07) is 9.58. The van der Waals surface area contributed by atoms with Gasteiger partial charge in [-0.05, 0) is 69.4 Å². The number of aromatic hydroxyl groups is 1. The molecule has 0 aliphatic carbocycles. The van der Waals surface area contributed by atoms with E-state index in [2.05, 4.69) is 46.4 Å². The van der Waals surface area contributed by atoms with Gasteiger partial charge in [0.25, 0.3) is 0 Å². The van der Waals surface area contributed by atoms with Gasteiger partial charge in [0.15, 0.2) is 12.6 Å². The first-order valence-corrected chi connectivity index (χ1v) is 11.1. The summed E-state index contributed by atoms with van der Waals surface area (Å²) in [7, 11) is 2.09. The minimum Gasteiger partial charge on any atom is -0.507 e. The molecule has 32 heavy (non-hydrogen) atoms. The number of phenolic OH excluding ortho intramolecular Hbond substituents is 1. The number of nitrogens with one attached hydrogen (secondary N) is 1. The van der Waals surface area contributed by atoms with Crippen LogP contribution in [-0.2, 0) is 6.80 Å². The minimum absolute atomic E-state index is 0.0988. The van der Waals surface area contributed by atoms with Crippen molar-refractivity contribution in [2.45, 2.75) is 63.4 Å². The highest BCUT2D eigenvalue weighted by molar-refractivity contribution is 5.74. The molecule has 168 valence electrons. The van der Waals surface area contributed by atoms with Crippen molar-refractivity contribution in [2.75, 3.05) is 11.9 Å². The molecule has 8 heteroatoms. The molecule has 2 bridgehead atoms. The van der Waals surface area contributed by atoms with Crippen LogP contribution in [-0.4, -0.2) is 49.3 Å². The van der Waals surface area contributed by atoms with Gasteiger partial charge < -0.3 is 15.3 Å². The molecule has 2 aliphatic heterocycles. The van der Waals surface area contributed by atoms with Crippen molar-refractivity contribution in [3.05, 3.63) is 42.7 Å². The van der Waals surface area contributed by atoms with E-state index >= 15 is 0 Å². The molecule has 2 saturated heterocycles. The van der Waals surface area contributed by atoms with Gasteiger partial charge in [-0.2, -0.15) is 5.10 Å². The Morgan fingerprint density at radius 1 is 1.12 bits per heavy atom. The number of piperidine rings is 1. The third-order valence-electron chi connectivity index (χ3n) is 7.13. The standard InChI is InChI=1S/C24H29FN6O/c1-23-8-9-24(2,29-23)12-18(11-23)30(3)22-7-6-20(27-28-22)19-5-4-16(10-21(19)32)17-13-26-31(14-17)15-25/h4-7,10,13-14,18,29,32H,8-9,11-12,15H2,1-3H3/t18-,23-,24+. The maximum absolute atomic E-state index is 12.7. The lowest BCUT2D eigenvalue weighted by atomic mass is 9.84. The van der Waals surface area contributed by atoms with Gasteiger partial charge in [-0.25, -0.2) is 9.07 Å². The van der Waals surface area contributed by atoms with Gasteiger partial charge in [0.2, 0.25) is 0 Å². The van der Waals surface area contributed by atoms with Gasteiger partial charge in [0.1, 0.15) is 5.75 Å². The molecule has 0 spiro atoms. The summed E-state index contributed by atoms with van der Waals surface area (Å²) >= 11 is 0. The van der Waals surface area contributed by atoms with Gasteiger partial charge >= 0.3 is 0 Å². The summed E-state index contributed by atoms with van der Waals surface area (Å²) in [6.07, 6.45) is 7.77. The maximum Gasteiger partial charge on any atom is 0.181 e. The summed E-state index contributed by atoms with van der Waals surface area (Å²) in [4.78, 5) is 2.24. The van der Waals surface area contributed by atoms with Crippen LogP contribution in [0.2, 0.25) is 0 Å². The number of aromatic nitrogens is 4. The second kappa shape index (κ2) is 7.55. The average molecular weight is 437 g/mol. The highest BCUT2D eigenvalue weighted by atomic mass is 19.1. The second-order valence-electron chi connectivity index (χ2n) is 9.82. The van der Waals surface area contributed by atoms with Gasteiger partial charge in [0.05, 0.1) is 11.9 Å². The zero-order valence-electron chi connectivity index (χ0n) is 18.7. The van der Waals surface area contributed by atoms with Crippen molar-refractivity contribution in [3.63, 3.8) is 0 Å². The highest BCUT2D eigenvalue weighted by Crippen LogP contribution is 2.43. The fraction of sp³-hybridized carbons (Fsp3) is 0.458. The molecule has 2 N–H and O–H groups in total. The van der Waals surface area contributed by atoms with Crippen LogP contribution in [0.15, 0.2) is 42.7 Å². The summed E-state index contributed by atoms with van der Waals surface area (Å²) in [5.41, 5.74) is 3.09. The fourth-order valence-corrected chi connectivity index (χ4v) is 5.45. The minimum atomic E-state index is -0.684. The summed E-state index contributed by atoms with van der Waals surface area (Å²) < 4.78 is 13.9. The molecule has 3 aromatic rings. The van der Waals surface area contributed by atoms with Crippen LogP contribution in [0.3, 0.4) is 0 Å². The zero-order valence-corrected chi connectivity index (χ0v) is 18.7. The van der Waals surface area contributed by atoms with Crippen LogP contribution in [0, 0.1) is 0 Å². The van der Waals surface area contributed by atoms with E-state index in [1.807, 2.05) is 18.2 Å². The summed E-state index contributed by atoms with van der Waals surface area (Å²) in [5, 5.41) is 27.2. The molecule has 0 amide bonds. The number of rotatable bonds is 5. The average Bonchev–Trinajstić information content (AvgIpc) is 3.34. The van der Waals surface area contributed by atoms with Crippen molar-refractivity contribution in [1.82, 2.24) is 25.3 Å². The van der Waals surface area contributed by atoms with Crippen LogP contribution < -0.4 is 10.2 Å². The molecular formula is C24H29FN6O. The maximum atomic E-state index is 12.7. The molecule has 0 unspecified atom stereocenters. The molecule has 2 aromatic heterocycles. The van der Waals surface area contributed by atoms with E-state index < -0.39 is 6.80 Å². The van der Waals surface area contributed by atoms with Crippen LogP contribution >= 0.6 is 0 Å². The number of phenols is 1. The Morgan fingerprint density at radius 2 is 1.88 bits per heavy atom. The van der Waals surface area contributed by atoms with Crippen molar-refractivity contribution >= 4 is 5.82 Å². The zero-order chi connectivity index (χ0) is 22.5. The Labute approximate surface area is 187 Å². The molecular weight excluding hydrogens is 407 g/mol. The fourth-order valence-electron chi connectivity index (χ4n) is 5.45. The Hall–Kier alpha value is -3.00. The number of alkyl halides is 1. The third kappa shape index (κ3) is 3.72. The predicted octanol–water partition coefficient (Wildman–Crippen LogP) is 4.14. The van der Waals surface area contributed by atoms with E-state index in [1.165, 1.54) is 17.5 Å². The predicted molar refractivity (Wildman–Crippen MR) is 122 cm³/mol. The van der Waals surface area contributed by atoms with Gasteiger partial charge in [-0.15, -0.1) is 10.2 Å². The number of hydrogen-bond acceptors (Lipinski definition) is 6. The van der Waals surface area contributed by atoms with Crippen molar-refractivity contribution in [3.8, 4) is 28.1 Å². The summed E-state index contributed by atoms with van der Waals surface area (Å²) in [6.45, 7) is 3.96.